The highest BCUT2D eigenvalue weighted by Gasteiger charge is 2.40. The van der Waals surface area contributed by atoms with Crippen molar-refractivity contribution in [3.05, 3.63) is 47.7 Å². The first-order chi connectivity index (χ1) is 19.8. The molecule has 13 heteroatoms. The summed E-state index contributed by atoms with van der Waals surface area (Å²) >= 11 is 0. The number of carbonyl (C=O) groups excluding carboxylic acids is 2. The molecule has 2 aliphatic carbocycles. The van der Waals surface area contributed by atoms with Crippen molar-refractivity contribution in [3.63, 3.8) is 0 Å². The van der Waals surface area contributed by atoms with Gasteiger partial charge in [-0.05, 0) is 76.0 Å². The number of fused-ring (bicyclic) bond motifs is 1. The average molecular weight is 592 g/mol. The fourth-order valence-corrected chi connectivity index (χ4v) is 5.66. The van der Waals surface area contributed by atoms with Crippen LogP contribution < -0.4 is 10.6 Å². The molecule has 3 aromatic heterocycles. The van der Waals surface area contributed by atoms with Crippen LogP contribution in [0.2, 0.25) is 0 Å². The van der Waals surface area contributed by atoms with Crippen LogP contribution in [-0.2, 0) is 4.79 Å². The van der Waals surface area contributed by atoms with E-state index < -0.39 is 30.2 Å². The Kier molecular flexibility index (Phi) is 8.30. The minimum Gasteiger partial charge on any atom is -0.349 e. The minimum atomic E-state index is -2.92. The molecule has 3 heterocycles. The number of nitrogens with zero attached hydrogens (tertiary/aromatic N) is 5. The van der Waals surface area contributed by atoms with Crippen LogP contribution in [0.15, 0.2) is 30.7 Å². The van der Waals surface area contributed by atoms with Crippen LogP contribution in [0.25, 0.3) is 5.65 Å². The van der Waals surface area contributed by atoms with E-state index in [1.54, 1.807) is 39.9 Å². The fraction of sp³-hybridized carbons (Fsp3) is 0.621. The Morgan fingerprint density at radius 3 is 2.40 bits per heavy atom. The Balaban J connectivity index is 1.40. The number of amides is 2. The molecule has 0 bridgehead atoms. The maximum Gasteiger partial charge on any atom is 0.270 e. The molecule has 228 valence electrons. The molecule has 2 aliphatic rings. The van der Waals surface area contributed by atoms with Gasteiger partial charge in [0.05, 0.1) is 30.2 Å². The topological polar surface area (TPSA) is 106 Å². The van der Waals surface area contributed by atoms with Gasteiger partial charge in [-0.25, -0.2) is 27.1 Å². The number of halogens is 4. The quantitative estimate of drug-likeness (QED) is 0.274. The largest absolute Gasteiger partial charge is 0.349 e. The van der Waals surface area contributed by atoms with Gasteiger partial charge >= 0.3 is 0 Å². The van der Waals surface area contributed by atoms with E-state index in [1.165, 1.54) is 0 Å². The molecule has 0 aromatic carbocycles. The van der Waals surface area contributed by atoms with Crippen LogP contribution in [0.4, 0.5) is 17.6 Å². The number of hydrogen-bond acceptors (Lipinski definition) is 5. The highest BCUT2D eigenvalue weighted by Crippen LogP contribution is 2.43. The number of rotatable bonds is 11. The Morgan fingerprint density at radius 1 is 1.07 bits per heavy atom. The summed E-state index contributed by atoms with van der Waals surface area (Å²) in [4.78, 5) is 30.6. The van der Waals surface area contributed by atoms with E-state index >= 15 is 0 Å². The number of imidazole rings is 1. The van der Waals surface area contributed by atoms with E-state index in [0.717, 1.165) is 19.8 Å². The van der Waals surface area contributed by atoms with E-state index in [-0.39, 0.29) is 61.9 Å². The van der Waals surface area contributed by atoms with Crippen LogP contribution in [0.1, 0.15) is 112 Å². The van der Waals surface area contributed by atoms with E-state index in [0.29, 0.717) is 22.6 Å². The highest BCUT2D eigenvalue weighted by atomic mass is 19.3. The highest BCUT2D eigenvalue weighted by molar-refractivity contribution is 5.92. The maximum atomic E-state index is 14.0. The lowest BCUT2D eigenvalue weighted by atomic mass is 9.81. The van der Waals surface area contributed by atoms with Crippen LogP contribution in [0.3, 0.4) is 0 Å². The van der Waals surface area contributed by atoms with Gasteiger partial charge in [0.25, 0.3) is 5.91 Å². The van der Waals surface area contributed by atoms with Crippen LogP contribution in [-0.4, -0.2) is 48.0 Å². The lowest BCUT2D eigenvalue weighted by molar-refractivity contribution is -0.123. The monoisotopic (exact) mass is 591 g/mol. The third-order valence-corrected chi connectivity index (χ3v) is 8.15. The number of nitrogens with one attached hydrogen (secondary N) is 2. The molecule has 9 nitrogen and oxygen atoms in total. The Labute approximate surface area is 241 Å². The minimum absolute atomic E-state index is 0.0521. The zero-order chi connectivity index (χ0) is 30.2. The van der Waals surface area contributed by atoms with Crippen molar-refractivity contribution in [1.82, 2.24) is 35.0 Å². The smallest absolute Gasteiger partial charge is 0.270 e. The van der Waals surface area contributed by atoms with Crippen molar-refractivity contribution < 1.29 is 27.2 Å². The predicted octanol–water partition coefficient (Wildman–Crippen LogP) is 5.81. The second-order valence-electron chi connectivity index (χ2n) is 12.1. The van der Waals surface area contributed by atoms with Crippen LogP contribution >= 0.6 is 0 Å². The van der Waals surface area contributed by atoms with Crippen molar-refractivity contribution in [2.24, 2.45) is 11.8 Å². The van der Waals surface area contributed by atoms with E-state index in [2.05, 4.69) is 20.8 Å². The van der Waals surface area contributed by atoms with Gasteiger partial charge in [0, 0.05) is 37.9 Å². The summed E-state index contributed by atoms with van der Waals surface area (Å²) in [5.41, 5.74) is 2.03. The molecule has 2 fully saturated rings. The molecule has 2 N–H and O–H groups in total. The van der Waals surface area contributed by atoms with E-state index in [1.807, 2.05) is 13.8 Å². The number of hydrogen-bond donors (Lipinski definition) is 2. The molecule has 3 aromatic rings. The van der Waals surface area contributed by atoms with Gasteiger partial charge in [-0.15, -0.1) is 0 Å². The summed E-state index contributed by atoms with van der Waals surface area (Å²) in [6, 6.07) is 2.34. The predicted molar refractivity (Wildman–Crippen MR) is 146 cm³/mol. The molecule has 2 amide bonds. The van der Waals surface area contributed by atoms with Gasteiger partial charge in [-0.2, -0.15) is 10.2 Å². The summed E-state index contributed by atoms with van der Waals surface area (Å²) in [5, 5.41) is 14.6. The second kappa shape index (κ2) is 11.6. The first-order valence-corrected chi connectivity index (χ1v) is 14.5. The summed E-state index contributed by atoms with van der Waals surface area (Å²) in [5.74, 6) is -6.56. The molecule has 5 rings (SSSR count). The summed E-state index contributed by atoms with van der Waals surface area (Å²) < 4.78 is 57.8. The number of alkyl halides is 4. The van der Waals surface area contributed by atoms with Crippen molar-refractivity contribution in [1.29, 1.82) is 0 Å². The number of carbonyl (C=O) groups is 2. The van der Waals surface area contributed by atoms with E-state index in [9.17, 15) is 27.2 Å². The zero-order valence-corrected chi connectivity index (χ0v) is 24.0. The van der Waals surface area contributed by atoms with E-state index in [4.69, 9.17) is 4.98 Å². The number of aromatic nitrogens is 5. The molecule has 0 radical (unpaired) electrons. The third kappa shape index (κ3) is 7.09. The molecule has 0 aliphatic heterocycles. The molecular weight excluding hydrogens is 554 g/mol. The average Bonchev–Trinajstić information content (AvgIpc) is 3.47. The summed E-state index contributed by atoms with van der Waals surface area (Å²) in [6.07, 6.45) is 5.73. The molecule has 1 unspecified atom stereocenters. The van der Waals surface area contributed by atoms with Gasteiger partial charge in [0.15, 0.2) is 5.65 Å². The summed E-state index contributed by atoms with van der Waals surface area (Å²) in [7, 11) is 0. The molecule has 2 atom stereocenters. The lowest BCUT2D eigenvalue weighted by Gasteiger charge is -2.33. The maximum absolute atomic E-state index is 14.0. The second-order valence-corrected chi connectivity index (χ2v) is 12.1. The third-order valence-electron chi connectivity index (χ3n) is 8.15. The SMILES string of the molecule is CC(C)n1nccc1C(=O)N[C@H](c1cn2ncc(C(NC(=O)CCC(C)(F)F)C3CC3)cc2n1)C1CCC(F)(F)CC1. The van der Waals surface area contributed by atoms with Gasteiger partial charge < -0.3 is 10.6 Å². The molecule has 42 heavy (non-hydrogen) atoms. The standard InChI is InChI=1S/C29H37F4N7O2/c1-17(2)40-22(9-13-34-40)27(42)38-26(19-6-11-29(32,33)12-7-19)21-16-39-23(36-21)14-20(15-35-39)25(18-4-5-18)37-24(41)8-10-28(3,30)31/h9,13-19,25-26H,4-8,10-12H2,1-3H3,(H,37,41)(H,38,42)/t25?,26-/m0/s1. The Morgan fingerprint density at radius 2 is 1.76 bits per heavy atom. The molecule has 2 saturated carbocycles. The van der Waals surface area contributed by atoms with Gasteiger partial charge in [0.1, 0.15) is 5.69 Å². The molecule has 0 spiro atoms. The van der Waals surface area contributed by atoms with Crippen LogP contribution in [0, 0.1) is 11.8 Å². The first kappa shape index (κ1) is 30.0. The Hall–Kier alpha value is -3.51. The van der Waals surface area contributed by atoms with Crippen molar-refractivity contribution in [2.45, 2.75) is 102 Å². The normalized spacial score (nSPS) is 19.1. The Bertz CT molecular complexity index is 1420. The van der Waals surface area contributed by atoms with Crippen molar-refractivity contribution in [2.75, 3.05) is 0 Å². The van der Waals surface area contributed by atoms with Gasteiger partial charge in [-0.1, -0.05) is 0 Å². The van der Waals surface area contributed by atoms with Gasteiger partial charge in [0.2, 0.25) is 17.8 Å². The molecular formula is C29H37F4N7O2. The van der Waals surface area contributed by atoms with Crippen LogP contribution in [0.5, 0.6) is 0 Å². The zero-order valence-electron chi connectivity index (χ0n) is 24.0. The molecule has 0 saturated heterocycles. The van der Waals surface area contributed by atoms with Crippen molar-refractivity contribution >= 4 is 17.5 Å². The van der Waals surface area contributed by atoms with Gasteiger partial charge in [-0.3, -0.25) is 14.3 Å². The van der Waals surface area contributed by atoms with Crippen molar-refractivity contribution in [3.8, 4) is 0 Å². The first-order valence-electron chi connectivity index (χ1n) is 14.5. The summed E-state index contributed by atoms with van der Waals surface area (Å²) in [6.45, 7) is 4.61. The lowest BCUT2D eigenvalue weighted by Crippen LogP contribution is -2.38. The fourth-order valence-electron chi connectivity index (χ4n) is 5.66.